The molecule has 1 fully saturated rings. The molecule has 6 aromatic carbocycles. The van der Waals surface area contributed by atoms with Crippen molar-refractivity contribution in [2.45, 2.75) is 116 Å². The minimum absolute atomic E-state index is 0. The molecule has 3 heterocycles. The number of hydrogen-bond donors (Lipinski definition) is 0. The average molecular weight is 1140 g/mol. The number of pyridine rings is 1. The van der Waals surface area contributed by atoms with Gasteiger partial charge in [0.25, 0.3) is 0 Å². The van der Waals surface area contributed by atoms with E-state index in [1.54, 1.807) is 12.1 Å². The average Bonchev–Trinajstić information content (AvgIpc) is 3.91. The van der Waals surface area contributed by atoms with Crippen LogP contribution in [-0.2, 0) is 26.5 Å². The number of nitrogens with zero attached hydrogens (tertiary/aromatic N) is 3. The van der Waals surface area contributed by atoms with Crippen molar-refractivity contribution in [3.05, 3.63) is 167 Å². The second-order valence-corrected chi connectivity index (χ2v) is 31.6. The van der Waals surface area contributed by atoms with Gasteiger partial charge in [-0.15, -0.1) is 23.8 Å². The number of hydrogen-bond acceptors (Lipinski definition) is 3. The van der Waals surface area contributed by atoms with Crippen LogP contribution in [0.3, 0.4) is 0 Å². The van der Waals surface area contributed by atoms with Crippen LogP contribution in [0.4, 0.5) is 0 Å². The molecule has 0 amide bonds. The van der Waals surface area contributed by atoms with Gasteiger partial charge in [0.05, 0.1) is 16.9 Å². The summed E-state index contributed by atoms with van der Waals surface area (Å²) in [6, 6.07) is 46.6. The first kappa shape index (κ1) is 42.5. The first-order valence-corrected chi connectivity index (χ1v) is 32.0. The molecule has 9 aromatic rings. The van der Waals surface area contributed by atoms with E-state index in [4.69, 9.17) is 11.8 Å². The first-order valence-electron chi connectivity index (χ1n) is 26.3. The van der Waals surface area contributed by atoms with Crippen LogP contribution in [0.25, 0.3) is 70.7 Å². The SMILES string of the molecule is Cc1cc2sc3c[c-]c(-c4nc5ccccc5n4-c4c(C(C)C)cc(-c5ccccc5)cc4C(C)C)cc3c2cc1C.[2H]C([2H])([2H])c1c[c-]c(-c2cc(C([2H])([2H])C3CCCCC3)[c]([Ge]([CH3])([CH3])[CH3])cn2)cc1.[Ir]. The molecule has 0 N–H and O–H groups in total. The third-order valence-electron chi connectivity index (χ3n) is 13.3. The van der Waals surface area contributed by atoms with Gasteiger partial charge in [-0.05, 0) is 99.5 Å². The van der Waals surface area contributed by atoms with Gasteiger partial charge >= 0.3 is 157 Å². The molecule has 0 bridgehead atoms. The molecule has 6 heteroatoms. The summed E-state index contributed by atoms with van der Waals surface area (Å²) in [4.78, 5) is 9.91. The van der Waals surface area contributed by atoms with Gasteiger partial charge in [0.2, 0.25) is 0 Å². The second-order valence-electron chi connectivity index (χ2n) is 19.9. The van der Waals surface area contributed by atoms with Crippen LogP contribution >= 0.6 is 11.3 Å². The van der Waals surface area contributed by atoms with Crippen molar-refractivity contribution in [3.8, 4) is 39.5 Å². The summed E-state index contributed by atoms with van der Waals surface area (Å²) in [5.74, 6) is 8.45. The zero-order chi connectivity index (χ0) is 50.6. The molecule has 0 atom stereocenters. The Labute approximate surface area is 427 Å². The quantitative estimate of drug-likeness (QED) is 0.107. The number of aromatic nitrogens is 3. The van der Waals surface area contributed by atoms with Crippen molar-refractivity contribution in [1.29, 1.82) is 0 Å². The summed E-state index contributed by atoms with van der Waals surface area (Å²) >= 11 is -0.498. The molecule has 345 valence electrons. The van der Waals surface area contributed by atoms with E-state index in [1.807, 2.05) is 23.6 Å². The van der Waals surface area contributed by atoms with E-state index in [-0.39, 0.29) is 31.6 Å². The molecule has 1 aliphatic rings. The summed E-state index contributed by atoms with van der Waals surface area (Å²) in [5, 5.41) is 2.59. The Morgan fingerprint density at radius 3 is 2.09 bits per heavy atom. The van der Waals surface area contributed by atoms with Crippen molar-refractivity contribution < 1.29 is 27.0 Å². The van der Waals surface area contributed by atoms with Crippen molar-refractivity contribution in [1.82, 2.24) is 14.5 Å². The Morgan fingerprint density at radius 2 is 1.42 bits per heavy atom. The Balaban J connectivity index is 0.000000204. The van der Waals surface area contributed by atoms with E-state index < -0.39 is 26.5 Å². The zero-order valence-corrected chi connectivity index (χ0v) is 45.7. The minimum atomic E-state index is -2.35. The zero-order valence-electron chi connectivity index (χ0n) is 45.4. The van der Waals surface area contributed by atoms with Gasteiger partial charge in [-0.1, -0.05) is 81.6 Å². The second kappa shape index (κ2) is 20.5. The number of fused-ring (bicyclic) bond motifs is 4. The van der Waals surface area contributed by atoms with Crippen LogP contribution in [0.5, 0.6) is 0 Å². The summed E-state index contributed by atoms with van der Waals surface area (Å²) < 4.78 is 46.8. The van der Waals surface area contributed by atoms with Gasteiger partial charge in [-0.25, -0.2) is 0 Å². The van der Waals surface area contributed by atoms with Crippen LogP contribution in [0.1, 0.15) is 112 Å². The fourth-order valence-electron chi connectivity index (χ4n) is 9.52. The minimum Gasteiger partial charge on any atom is 0 e. The van der Waals surface area contributed by atoms with Gasteiger partial charge < -0.3 is 4.57 Å². The van der Waals surface area contributed by atoms with Crippen LogP contribution < -0.4 is 4.40 Å². The van der Waals surface area contributed by atoms with Crippen molar-refractivity contribution in [2.75, 3.05) is 0 Å². The molecular formula is C61H65GeIrN3S-2. The van der Waals surface area contributed by atoms with Crippen molar-refractivity contribution >= 4 is 60.2 Å². The number of rotatable bonds is 9. The standard InChI is InChI=1S/C39H35N2S.C22H30GeN.Ir/c1-23(2)30-21-29(27-12-8-7-9-13-27)22-31(24(3)4)38(30)41-35-15-11-10-14-34(35)40-39(41)28-16-17-36-33(20-28)32-18-25(5)26(6)19-37(32)42-36;1-17-10-12-19(13-11-17)22-15-20(14-18-8-6-5-7-9-18)21(16-24-22)23(2,3)4;/h7-15,17-24H,1-6H3;10-12,15-16,18H,5-9,14H2,1-4H3;/q2*-1;/i;1D3,14D2;. The number of aryl methyl sites for hydroxylation is 3. The molecule has 0 saturated heterocycles. The molecular weight excluding hydrogens is 1070 g/mol. The van der Waals surface area contributed by atoms with Crippen LogP contribution in [0.2, 0.25) is 17.3 Å². The number of imidazole rings is 1. The maximum Gasteiger partial charge on any atom is 0 e. The van der Waals surface area contributed by atoms with E-state index in [0.29, 0.717) is 23.1 Å². The maximum absolute atomic E-state index is 9.04. The summed E-state index contributed by atoms with van der Waals surface area (Å²) in [6.45, 7) is 11.4. The summed E-state index contributed by atoms with van der Waals surface area (Å²) in [7, 11) is 0. The number of thiophene rings is 1. The van der Waals surface area contributed by atoms with Crippen LogP contribution in [-0.4, -0.2) is 27.8 Å². The van der Waals surface area contributed by atoms with E-state index in [1.165, 1.54) is 71.7 Å². The predicted octanol–water partition coefficient (Wildman–Crippen LogP) is 16.9. The molecule has 67 heavy (non-hydrogen) atoms. The Hall–Kier alpha value is -4.65. The fraction of sp³-hybridized carbons (Fsp3) is 0.311. The third kappa shape index (κ3) is 10.4. The van der Waals surface area contributed by atoms with E-state index in [2.05, 4.69) is 171 Å². The van der Waals surface area contributed by atoms with Crippen molar-refractivity contribution in [2.24, 2.45) is 5.92 Å². The molecule has 3 aromatic heterocycles. The number of para-hydroxylation sites is 2. The molecule has 0 unspecified atom stereocenters. The van der Waals surface area contributed by atoms with Gasteiger partial charge in [0.15, 0.2) is 0 Å². The van der Waals surface area contributed by atoms with E-state index >= 15 is 0 Å². The smallest absolute Gasteiger partial charge is 0 e. The van der Waals surface area contributed by atoms with Crippen molar-refractivity contribution in [3.63, 3.8) is 0 Å². The molecule has 1 radical (unpaired) electrons. The van der Waals surface area contributed by atoms with E-state index in [9.17, 15) is 0 Å². The molecule has 0 aliphatic heterocycles. The molecule has 10 rings (SSSR count). The van der Waals surface area contributed by atoms with Gasteiger partial charge in [0, 0.05) is 30.5 Å². The Morgan fingerprint density at radius 1 is 0.746 bits per heavy atom. The normalized spacial score (nSPS) is 14.9. The summed E-state index contributed by atoms with van der Waals surface area (Å²) in [5.41, 5.74) is 14.6. The molecule has 1 saturated carbocycles. The van der Waals surface area contributed by atoms with Gasteiger partial charge in [-0.3, -0.25) is 4.98 Å². The molecule has 0 spiro atoms. The van der Waals surface area contributed by atoms with E-state index in [0.717, 1.165) is 58.1 Å². The van der Waals surface area contributed by atoms with Crippen LogP contribution in [0.15, 0.2) is 121 Å². The fourth-order valence-corrected chi connectivity index (χ4v) is 13.6. The summed E-state index contributed by atoms with van der Waals surface area (Å²) in [6.07, 6.45) is 5.74. The predicted molar refractivity (Wildman–Crippen MR) is 288 cm³/mol. The topological polar surface area (TPSA) is 30.7 Å². The van der Waals surface area contributed by atoms with Crippen LogP contribution in [0, 0.1) is 38.8 Å². The van der Waals surface area contributed by atoms with Gasteiger partial charge in [-0.2, -0.15) is 11.3 Å². The van der Waals surface area contributed by atoms with Gasteiger partial charge in [0.1, 0.15) is 0 Å². The maximum atomic E-state index is 9.04. The monoisotopic (exact) mass is 1140 g/mol. The number of benzene rings is 6. The molecule has 3 nitrogen and oxygen atoms in total. The molecule has 1 aliphatic carbocycles. The Bertz CT molecular complexity index is 3350. The third-order valence-corrected chi connectivity index (χ3v) is 18.7. The Kier molecular flexibility index (Phi) is 13.0. The first-order chi connectivity index (χ1) is 33.7. The largest absolute Gasteiger partial charge is 0 e.